The highest BCUT2D eigenvalue weighted by Gasteiger charge is 2.24. The largest absolute Gasteiger partial charge is 0.395 e. The highest BCUT2D eigenvalue weighted by Crippen LogP contribution is 2.18. The van der Waals surface area contributed by atoms with Gasteiger partial charge in [-0.3, -0.25) is 9.69 Å². The molecular weight excluding hydrogens is 252 g/mol. The van der Waals surface area contributed by atoms with Gasteiger partial charge in [-0.2, -0.15) is 9.61 Å². The molecule has 1 saturated heterocycles. The van der Waals surface area contributed by atoms with Gasteiger partial charge >= 0.3 is 0 Å². The summed E-state index contributed by atoms with van der Waals surface area (Å²) in [5.74, 6) is 0. The summed E-state index contributed by atoms with van der Waals surface area (Å²) in [5, 5.41) is 13.2. The summed E-state index contributed by atoms with van der Waals surface area (Å²) < 4.78 is 1.31. The van der Waals surface area contributed by atoms with E-state index in [1.807, 2.05) is 0 Å². The van der Waals surface area contributed by atoms with Gasteiger partial charge in [0, 0.05) is 18.7 Å². The lowest BCUT2D eigenvalue weighted by Crippen LogP contribution is -2.32. The van der Waals surface area contributed by atoms with Gasteiger partial charge in [0.25, 0.3) is 5.56 Å². The van der Waals surface area contributed by atoms with Crippen molar-refractivity contribution in [1.29, 1.82) is 0 Å². The molecule has 96 valence electrons. The van der Waals surface area contributed by atoms with Crippen LogP contribution < -0.4 is 5.56 Å². The molecule has 0 amide bonds. The number of nitrogens with zero attached hydrogens (tertiary/aromatic N) is 4. The van der Waals surface area contributed by atoms with Gasteiger partial charge < -0.3 is 5.11 Å². The van der Waals surface area contributed by atoms with E-state index < -0.39 is 0 Å². The fourth-order valence-corrected chi connectivity index (χ4v) is 3.04. The van der Waals surface area contributed by atoms with Crippen LogP contribution in [0.5, 0.6) is 0 Å². The number of hydrogen-bond acceptors (Lipinski definition) is 6. The number of rotatable bonds is 3. The molecule has 18 heavy (non-hydrogen) atoms. The number of hydrogen-bond donors (Lipinski definition) is 1. The Bertz CT molecular complexity index is 608. The third-order valence-electron chi connectivity index (χ3n) is 3.31. The maximum Gasteiger partial charge on any atom is 0.275 e. The number of aliphatic hydroxyl groups excluding tert-OH is 1. The Kier molecular flexibility index (Phi) is 3.11. The molecule has 0 radical (unpaired) electrons. The second-order valence-electron chi connectivity index (χ2n) is 4.47. The molecule has 0 aromatic carbocycles. The lowest BCUT2D eigenvalue weighted by atomic mass is 10.2. The molecule has 2 aromatic heterocycles. The predicted molar refractivity (Wildman–Crippen MR) is 67.7 cm³/mol. The van der Waals surface area contributed by atoms with E-state index in [1.54, 1.807) is 5.51 Å². The Balaban J connectivity index is 1.88. The third-order valence-corrected chi connectivity index (χ3v) is 3.99. The highest BCUT2D eigenvalue weighted by atomic mass is 32.1. The van der Waals surface area contributed by atoms with Crippen molar-refractivity contribution in [2.24, 2.45) is 0 Å². The van der Waals surface area contributed by atoms with Crippen molar-refractivity contribution in [2.45, 2.75) is 25.4 Å². The summed E-state index contributed by atoms with van der Waals surface area (Å²) in [6, 6.07) is 1.73. The Labute approximate surface area is 108 Å². The quantitative estimate of drug-likeness (QED) is 0.853. The van der Waals surface area contributed by atoms with Crippen molar-refractivity contribution in [2.75, 3.05) is 13.2 Å². The smallest absolute Gasteiger partial charge is 0.275 e. The average molecular weight is 266 g/mol. The van der Waals surface area contributed by atoms with Crippen LogP contribution in [0.1, 0.15) is 18.5 Å². The number of aliphatic hydroxyl groups is 1. The minimum absolute atomic E-state index is 0.143. The maximum atomic E-state index is 11.8. The van der Waals surface area contributed by atoms with Crippen LogP contribution >= 0.6 is 11.3 Å². The van der Waals surface area contributed by atoms with E-state index >= 15 is 0 Å². The SMILES string of the molecule is O=c1cc(CN2CCC[C@@H]2CO)nc2scnn12. The molecule has 1 N–H and O–H groups in total. The van der Waals surface area contributed by atoms with Crippen molar-refractivity contribution >= 4 is 16.3 Å². The lowest BCUT2D eigenvalue weighted by Gasteiger charge is -2.21. The van der Waals surface area contributed by atoms with Gasteiger partial charge in [-0.1, -0.05) is 11.3 Å². The van der Waals surface area contributed by atoms with E-state index in [0.717, 1.165) is 25.1 Å². The van der Waals surface area contributed by atoms with Gasteiger partial charge in [0.15, 0.2) is 0 Å². The van der Waals surface area contributed by atoms with Crippen molar-refractivity contribution < 1.29 is 5.11 Å². The van der Waals surface area contributed by atoms with Gasteiger partial charge in [0.2, 0.25) is 4.96 Å². The number of likely N-dealkylation sites (tertiary alicyclic amines) is 1. The molecule has 0 saturated carbocycles. The van der Waals surface area contributed by atoms with E-state index in [2.05, 4.69) is 15.0 Å². The van der Waals surface area contributed by atoms with Crippen LogP contribution in [0.3, 0.4) is 0 Å². The van der Waals surface area contributed by atoms with Crippen LogP contribution in [0.4, 0.5) is 0 Å². The summed E-state index contributed by atoms with van der Waals surface area (Å²) in [4.78, 5) is 19.0. The van der Waals surface area contributed by atoms with Crippen LogP contribution in [-0.4, -0.2) is 43.8 Å². The second-order valence-corrected chi connectivity index (χ2v) is 5.28. The first kappa shape index (κ1) is 11.8. The van der Waals surface area contributed by atoms with E-state index in [0.29, 0.717) is 11.5 Å². The minimum atomic E-state index is -0.143. The molecule has 0 bridgehead atoms. The van der Waals surface area contributed by atoms with E-state index in [9.17, 15) is 9.90 Å². The van der Waals surface area contributed by atoms with Crippen LogP contribution in [0.2, 0.25) is 0 Å². The van der Waals surface area contributed by atoms with Gasteiger partial charge in [0.1, 0.15) is 5.51 Å². The fourth-order valence-electron chi connectivity index (χ4n) is 2.40. The molecule has 7 heteroatoms. The minimum Gasteiger partial charge on any atom is -0.395 e. The second kappa shape index (κ2) is 4.75. The van der Waals surface area contributed by atoms with Crippen molar-refractivity contribution in [1.82, 2.24) is 19.5 Å². The zero-order valence-electron chi connectivity index (χ0n) is 9.82. The molecule has 1 atom stereocenters. The van der Waals surface area contributed by atoms with Crippen molar-refractivity contribution in [3.8, 4) is 0 Å². The van der Waals surface area contributed by atoms with Crippen LogP contribution in [0.25, 0.3) is 4.96 Å². The van der Waals surface area contributed by atoms with E-state index in [1.165, 1.54) is 21.9 Å². The average Bonchev–Trinajstić information content (AvgIpc) is 2.97. The molecule has 6 nitrogen and oxygen atoms in total. The summed E-state index contributed by atoms with van der Waals surface area (Å²) in [6.07, 6.45) is 2.10. The van der Waals surface area contributed by atoms with Gasteiger partial charge in [0.05, 0.1) is 12.3 Å². The molecule has 1 aliphatic rings. The molecule has 1 aliphatic heterocycles. The summed E-state index contributed by atoms with van der Waals surface area (Å²) in [5.41, 5.74) is 2.22. The Morgan fingerprint density at radius 1 is 1.56 bits per heavy atom. The number of aromatic nitrogens is 3. The molecule has 1 fully saturated rings. The van der Waals surface area contributed by atoms with Crippen LogP contribution in [0, 0.1) is 0 Å². The normalized spacial score (nSPS) is 20.8. The Hall–Kier alpha value is -1.31. The van der Waals surface area contributed by atoms with Gasteiger partial charge in [-0.05, 0) is 19.4 Å². The van der Waals surface area contributed by atoms with E-state index in [4.69, 9.17) is 0 Å². The van der Waals surface area contributed by atoms with Gasteiger partial charge in [-0.15, -0.1) is 0 Å². The van der Waals surface area contributed by atoms with E-state index in [-0.39, 0.29) is 18.2 Å². The number of fused-ring (bicyclic) bond motifs is 1. The predicted octanol–water partition coefficient (Wildman–Crippen LogP) is 0.108. The molecule has 3 rings (SSSR count). The molecule has 3 heterocycles. The first-order valence-corrected chi connectivity index (χ1v) is 6.83. The summed E-state index contributed by atoms with van der Waals surface area (Å²) in [7, 11) is 0. The lowest BCUT2D eigenvalue weighted by molar-refractivity contribution is 0.152. The molecular formula is C11H14N4O2S. The molecule has 0 unspecified atom stereocenters. The van der Waals surface area contributed by atoms with Crippen LogP contribution in [0.15, 0.2) is 16.4 Å². The zero-order chi connectivity index (χ0) is 12.5. The monoisotopic (exact) mass is 266 g/mol. The van der Waals surface area contributed by atoms with Gasteiger partial charge in [-0.25, -0.2) is 4.98 Å². The molecule has 0 aliphatic carbocycles. The zero-order valence-corrected chi connectivity index (χ0v) is 10.6. The highest BCUT2D eigenvalue weighted by molar-refractivity contribution is 7.14. The fraction of sp³-hybridized carbons (Fsp3) is 0.545. The molecule has 2 aromatic rings. The topological polar surface area (TPSA) is 70.7 Å². The Morgan fingerprint density at radius 3 is 3.28 bits per heavy atom. The standard InChI is InChI=1S/C11H14N4O2S/c16-6-9-2-1-3-14(9)5-8-4-10(17)15-11(13-8)18-7-12-15/h4,7,9,16H,1-3,5-6H2/t9-/m1/s1. The first-order chi connectivity index (χ1) is 8.78. The first-order valence-electron chi connectivity index (χ1n) is 5.95. The summed E-state index contributed by atoms with van der Waals surface area (Å²) in [6.45, 7) is 1.74. The molecule has 0 spiro atoms. The third kappa shape index (κ3) is 2.05. The maximum absolute atomic E-state index is 11.8. The van der Waals surface area contributed by atoms with Crippen LogP contribution in [-0.2, 0) is 6.54 Å². The summed E-state index contributed by atoms with van der Waals surface area (Å²) >= 11 is 1.35. The van der Waals surface area contributed by atoms with Crippen molar-refractivity contribution in [3.05, 3.63) is 27.6 Å². The van der Waals surface area contributed by atoms with Crippen molar-refractivity contribution in [3.63, 3.8) is 0 Å². The Morgan fingerprint density at radius 2 is 2.44 bits per heavy atom.